The predicted molar refractivity (Wildman–Crippen MR) is 183 cm³/mol. The number of halogens is 3. The second-order valence-electron chi connectivity index (χ2n) is 14.3. The van der Waals surface area contributed by atoms with Crippen molar-refractivity contribution in [2.24, 2.45) is 23.5 Å². The summed E-state index contributed by atoms with van der Waals surface area (Å²) in [5.41, 5.74) is 12.4. The number of nitrogens with two attached hydrogens (primary N) is 1. The number of aromatic amines is 2. The largest absolute Gasteiger partial charge is 0.488 e. The van der Waals surface area contributed by atoms with Crippen molar-refractivity contribution in [3.8, 4) is 28.1 Å². The van der Waals surface area contributed by atoms with Crippen molar-refractivity contribution in [2.75, 3.05) is 26.8 Å². The van der Waals surface area contributed by atoms with Gasteiger partial charge < -0.3 is 35.4 Å². The van der Waals surface area contributed by atoms with Gasteiger partial charge in [0.25, 0.3) is 0 Å². The molecule has 0 radical (unpaired) electrons. The number of nitrogens with one attached hydrogen (secondary N) is 3. The minimum atomic E-state index is -4.43. The number of carbonyl (C=O) groups is 1. The Bertz CT molecular complexity index is 2090. The van der Waals surface area contributed by atoms with Crippen molar-refractivity contribution < 1.29 is 27.4 Å². The predicted octanol–water partition coefficient (Wildman–Crippen LogP) is 6.40. The van der Waals surface area contributed by atoms with Crippen LogP contribution in [0.25, 0.3) is 44.2 Å². The molecule has 1 amide bonds. The van der Waals surface area contributed by atoms with Gasteiger partial charge in [0.1, 0.15) is 24.0 Å². The zero-order chi connectivity index (χ0) is 34.9. The minimum Gasteiger partial charge on any atom is -0.488 e. The number of fused-ring (bicyclic) bond motifs is 6. The fourth-order valence-corrected chi connectivity index (χ4v) is 7.72. The highest BCUT2D eigenvalue weighted by molar-refractivity contribution is 6.07. The van der Waals surface area contributed by atoms with Crippen LogP contribution in [0, 0.1) is 17.8 Å². The van der Waals surface area contributed by atoms with Crippen molar-refractivity contribution in [3.05, 3.63) is 65.9 Å². The van der Waals surface area contributed by atoms with Gasteiger partial charge in [-0.05, 0) is 71.0 Å². The van der Waals surface area contributed by atoms with Crippen LogP contribution in [0.5, 0.6) is 5.75 Å². The van der Waals surface area contributed by atoms with E-state index in [1.54, 1.807) is 27.2 Å². The van der Waals surface area contributed by atoms with Crippen molar-refractivity contribution in [3.63, 3.8) is 0 Å². The molecule has 0 spiro atoms. The fourth-order valence-electron chi connectivity index (χ4n) is 7.72. The summed E-state index contributed by atoms with van der Waals surface area (Å²) in [4.78, 5) is 30.7. The molecule has 3 aliphatic rings. The SMILES string of the molecule is COC[C@@H]1CN[C@H](c2nc3c(ccc4cc5c(cc43)OCc3cc(-c4cnc([C@@H]6C[C@H](C(F)(F)F)CN6C(=O)[C@@H](N)C(C)C)[nH]4)ccc3-5)[nH]2)C1. The molecule has 50 heavy (non-hydrogen) atoms. The van der Waals surface area contributed by atoms with E-state index in [0.717, 1.165) is 75.2 Å². The van der Waals surface area contributed by atoms with Crippen LogP contribution in [0.4, 0.5) is 13.2 Å². The number of carbonyl (C=O) groups excluding carboxylic acids is 1. The lowest BCUT2D eigenvalue weighted by Gasteiger charge is -2.27. The Balaban J connectivity index is 1.07. The third-order valence-electron chi connectivity index (χ3n) is 10.6. The quantitative estimate of drug-likeness (QED) is 0.156. The van der Waals surface area contributed by atoms with E-state index in [9.17, 15) is 18.0 Å². The number of H-pyrrole nitrogens is 2. The molecule has 5 aromatic rings. The highest BCUT2D eigenvalue weighted by Gasteiger charge is 2.50. The van der Waals surface area contributed by atoms with Crippen molar-refractivity contribution in [1.29, 1.82) is 0 Å². The van der Waals surface area contributed by atoms with Gasteiger partial charge in [0.15, 0.2) is 0 Å². The number of amides is 1. The van der Waals surface area contributed by atoms with Crippen molar-refractivity contribution in [2.45, 2.75) is 57.6 Å². The van der Waals surface area contributed by atoms with E-state index in [-0.39, 0.29) is 18.4 Å². The topological polar surface area (TPSA) is 134 Å². The van der Waals surface area contributed by atoms with Gasteiger partial charge in [0, 0.05) is 31.1 Å². The highest BCUT2D eigenvalue weighted by atomic mass is 19.4. The molecule has 10 nitrogen and oxygen atoms in total. The van der Waals surface area contributed by atoms with E-state index < -0.39 is 36.6 Å². The summed E-state index contributed by atoms with van der Waals surface area (Å²) in [5, 5.41) is 5.63. The normalized spacial score (nSPS) is 22.7. The third-order valence-corrected chi connectivity index (χ3v) is 10.6. The zero-order valence-electron chi connectivity index (χ0n) is 28.1. The minimum absolute atomic E-state index is 0.151. The number of alkyl halides is 3. The molecule has 2 fully saturated rings. The molecule has 5 atom stereocenters. The van der Waals surface area contributed by atoms with Crippen LogP contribution in [0.15, 0.2) is 48.7 Å². The summed E-state index contributed by atoms with van der Waals surface area (Å²) in [5.74, 6) is 0.119. The van der Waals surface area contributed by atoms with Gasteiger partial charge in [-0.15, -0.1) is 0 Å². The van der Waals surface area contributed by atoms with Crippen LogP contribution in [-0.2, 0) is 16.1 Å². The van der Waals surface area contributed by atoms with Gasteiger partial charge in [-0.1, -0.05) is 32.0 Å². The molecular weight excluding hydrogens is 647 g/mol. The van der Waals surface area contributed by atoms with Crippen LogP contribution in [0.2, 0.25) is 0 Å². The molecule has 262 valence electrons. The van der Waals surface area contributed by atoms with Crippen LogP contribution in [0.3, 0.4) is 0 Å². The van der Waals surface area contributed by atoms with E-state index >= 15 is 0 Å². The molecule has 13 heteroatoms. The van der Waals surface area contributed by atoms with Crippen LogP contribution < -0.4 is 15.8 Å². The Kier molecular flexibility index (Phi) is 8.11. The van der Waals surface area contributed by atoms with Crippen LogP contribution >= 0.6 is 0 Å². The summed E-state index contributed by atoms with van der Waals surface area (Å²) in [7, 11) is 1.73. The van der Waals surface area contributed by atoms with Crippen LogP contribution in [-0.4, -0.2) is 69.8 Å². The Morgan fingerprint density at radius 1 is 1.10 bits per heavy atom. The Hall–Kier alpha value is -4.46. The number of benzene rings is 3. The second kappa shape index (κ2) is 12.4. The average Bonchev–Trinajstić information content (AvgIpc) is 3.91. The van der Waals surface area contributed by atoms with E-state index in [4.69, 9.17) is 20.2 Å². The number of rotatable bonds is 7. The number of aromatic nitrogens is 4. The average molecular weight is 688 g/mol. The van der Waals surface area contributed by atoms with Crippen molar-refractivity contribution >= 4 is 27.7 Å². The van der Waals surface area contributed by atoms with Gasteiger partial charge in [0.05, 0.1) is 53.6 Å². The maximum absolute atomic E-state index is 13.8. The number of ether oxygens (including phenoxy) is 2. The monoisotopic (exact) mass is 687 g/mol. The van der Waals surface area contributed by atoms with E-state index in [0.29, 0.717) is 24.0 Å². The smallest absolute Gasteiger partial charge is 0.393 e. The maximum Gasteiger partial charge on any atom is 0.393 e. The van der Waals surface area contributed by atoms with Gasteiger partial charge in [-0.3, -0.25) is 4.79 Å². The Labute approximate surface area is 286 Å². The summed E-state index contributed by atoms with van der Waals surface area (Å²) in [6, 6.07) is 12.8. The zero-order valence-corrected chi connectivity index (χ0v) is 28.1. The maximum atomic E-state index is 13.8. The van der Waals surface area contributed by atoms with E-state index in [2.05, 4.69) is 44.5 Å². The molecular formula is C37H40F3N7O3. The molecule has 2 saturated heterocycles. The number of hydrogen-bond acceptors (Lipinski definition) is 7. The molecule has 5 heterocycles. The number of likely N-dealkylation sites (tertiary alicyclic amines) is 1. The van der Waals surface area contributed by atoms with Gasteiger partial charge in [-0.25, -0.2) is 9.97 Å². The number of nitrogens with zero attached hydrogens (tertiary/aromatic N) is 3. The lowest BCUT2D eigenvalue weighted by molar-refractivity contribution is -0.171. The first-order valence-electron chi connectivity index (χ1n) is 17.1. The number of methoxy groups -OCH3 is 1. The summed E-state index contributed by atoms with van der Waals surface area (Å²) in [6.07, 6.45) is -2.13. The lowest BCUT2D eigenvalue weighted by Crippen LogP contribution is -2.47. The van der Waals surface area contributed by atoms with Gasteiger partial charge >= 0.3 is 6.18 Å². The van der Waals surface area contributed by atoms with Crippen LogP contribution in [0.1, 0.15) is 56.0 Å². The first kappa shape index (κ1) is 32.7. The Morgan fingerprint density at radius 3 is 2.72 bits per heavy atom. The highest BCUT2D eigenvalue weighted by Crippen LogP contribution is 2.45. The second-order valence-corrected chi connectivity index (χ2v) is 14.3. The summed E-state index contributed by atoms with van der Waals surface area (Å²) < 4.78 is 53.1. The molecule has 3 aromatic carbocycles. The first-order chi connectivity index (χ1) is 24.0. The van der Waals surface area contributed by atoms with Crippen molar-refractivity contribution in [1.82, 2.24) is 30.2 Å². The third kappa shape index (κ3) is 5.70. The van der Waals surface area contributed by atoms with E-state index in [1.165, 1.54) is 4.90 Å². The summed E-state index contributed by atoms with van der Waals surface area (Å²) >= 11 is 0. The van der Waals surface area contributed by atoms with E-state index in [1.807, 2.05) is 18.2 Å². The number of imidazole rings is 2. The standard InChI is InChI=1S/C37H40F3N7O3/c1-18(2)32(41)36(48)47-15-23(37(38,39)40)11-30(47)35-43-14-29(45-35)21-4-6-24-22(9-21)17-50-31-12-25-20(10-26(24)31)5-7-27-33(25)46-34(44-27)28-8-19(13-42-28)16-49-3/h4-7,9-10,12,14,18-19,23,28,30,32,42H,8,11,13,15-17,41H2,1-3H3,(H,43,45)(H,44,46)/t19-,23-,28-,30-,32-/m0/s1. The number of hydrogen-bond donors (Lipinski definition) is 4. The van der Waals surface area contributed by atoms with Gasteiger partial charge in [-0.2, -0.15) is 13.2 Å². The lowest BCUT2D eigenvalue weighted by atomic mass is 9.92. The molecule has 0 aliphatic carbocycles. The molecule has 0 bridgehead atoms. The first-order valence-corrected chi connectivity index (χ1v) is 17.1. The summed E-state index contributed by atoms with van der Waals surface area (Å²) in [6.45, 7) is 5.10. The fraction of sp³-hybridized carbons (Fsp3) is 0.432. The van der Waals surface area contributed by atoms with Gasteiger partial charge in [0.2, 0.25) is 5.91 Å². The molecule has 2 aromatic heterocycles. The Morgan fingerprint density at radius 2 is 1.94 bits per heavy atom. The molecule has 3 aliphatic heterocycles. The molecule has 5 N–H and O–H groups in total. The molecule has 0 saturated carbocycles. The molecule has 8 rings (SSSR count). The molecule has 0 unspecified atom stereocenters.